The Kier molecular flexibility index (Phi) is 4.25. The zero-order chi connectivity index (χ0) is 16.2. The summed E-state index contributed by atoms with van der Waals surface area (Å²) in [7, 11) is 3.11. The molecule has 0 radical (unpaired) electrons. The number of carbonyl (C=O) groups excluding carboxylic acids is 1. The van der Waals surface area contributed by atoms with Crippen molar-refractivity contribution in [3.8, 4) is 17.0 Å². The van der Waals surface area contributed by atoms with E-state index >= 15 is 0 Å². The molecule has 0 unspecified atom stereocenters. The van der Waals surface area contributed by atoms with Crippen LogP contribution in [0.5, 0.6) is 5.75 Å². The number of imidazole rings is 1. The number of ether oxygens (including phenoxy) is 2. The van der Waals surface area contributed by atoms with E-state index in [0.717, 1.165) is 17.0 Å². The highest BCUT2D eigenvalue weighted by atomic mass is 16.5. The van der Waals surface area contributed by atoms with Gasteiger partial charge in [-0.3, -0.25) is 9.20 Å². The number of pyridine rings is 1. The number of hydrogen-bond acceptors (Lipinski definition) is 4. The van der Waals surface area contributed by atoms with E-state index in [1.807, 2.05) is 53.1 Å². The molecule has 3 aromatic rings. The first kappa shape index (κ1) is 15.1. The number of fused-ring (bicyclic) bond motifs is 1. The van der Waals surface area contributed by atoms with Crippen LogP contribution in [-0.4, -0.2) is 36.1 Å². The molecule has 1 aromatic carbocycles. The lowest BCUT2D eigenvalue weighted by Crippen LogP contribution is -2.18. The van der Waals surface area contributed by atoms with E-state index < -0.39 is 0 Å². The molecule has 0 fully saturated rings. The molecule has 1 amide bonds. The number of hydrogen-bond donors (Lipinski definition) is 1. The Morgan fingerprint density at radius 3 is 2.65 bits per heavy atom. The molecule has 23 heavy (non-hydrogen) atoms. The summed E-state index contributed by atoms with van der Waals surface area (Å²) >= 11 is 0. The van der Waals surface area contributed by atoms with Gasteiger partial charge < -0.3 is 14.8 Å². The second-order valence-electron chi connectivity index (χ2n) is 4.95. The van der Waals surface area contributed by atoms with Gasteiger partial charge in [0.05, 0.1) is 7.11 Å². The standard InChI is InChI=1S/C17H17N3O3/c1-22-11-15(21)19-17-16(12-6-8-13(23-2)9-7-12)18-14-5-3-4-10-20(14)17/h3-10H,11H2,1-2H3,(H,19,21). The number of anilines is 1. The Labute approximate surface area is 133 Å². The van der Waals surface area contributed by atoms with Crippen LogP contribution in [-0.2, 0) is 9.53 Å². The van der Waals surface area contributed by atoms with Gasteiger partial charge in [-0.15, -0.1) is 0 Å². The van der Waals surface area contributed by atoms with Gasteiger partial charge in [-0.1, -0.05) is 6.07 Å². The van der Waals surface area contributed by atoms with Gasteiger partial charge in [0.2, 0.25) is 0 Å². The van der Waals surface area contributed by atoms with Gasteiger partial charge >= 0.3 is 0 Å². The van der Waals surface area contributed by atoms with Crippen molar-refractivity contribution in [2.24, 2.45) is 0 Å². The molecular weight excluding hydrogens is 294 g/mol. The molecule has 0 aliphatic rings. The van der Waals surface area contributed by atoms with Crippen LogP contribution < -0.4 is 10.1 Å². The monoisotopic (exact) mass is 311 g/mol. The lowest BCUT2D eigenvalue weighted by Gasteiger charge is -2.07. The summed E-state index contributed by atoms with van der Waals surface area (Å²) in [6, 6.07) is 13.2. The van der Waals surface area contributed by atoms with Crippen molar-refractivity contribution < 1.29 is 14.3 Å². The first-order chi connectivity index (χ1) is 11.2. The van der Waals surface area contributed by atoms with E-state index in [2.05, 4.69) is 10.3 Å². The Morgan fingerprint density at radius 2 is 1.96 bits per heavy atom. The van der Waals surface area contributed by atoms with Gasteiger partial charge in [0.15, 0.2) is 0 Å². The highest BCUT2D eigenvalue weighted by molar-refractivity contribution is 5.95. The van der Waals surface area contributed by atoms with Crippen molar-refractivity contribution in [2.45, 2.75) is 0 Å². The third kappa shape index (κ3) is 3.02. The number of rotatable bonds is 5. The van der Waals surface area contributed by atoms with Crippen molar-refractivity contribution in [3.63, 3.8) is 0 Å². The average Bonchev–Trinajstić information content (AvgIpc) is 2.94. The van der Waals surface area contributed by atoms with Crippen LogP contribution in [0.1, 0.15) is 0 Å². The van der Waals surface area contributed by atoms with Gasteiger partial charge in [0.1, 0.15) is 29.5 Å². The second kappa shape index (κ2) is 6.50. The van der Waals surface area contributed by atoms with Gasteiger partial charge in [0, 0.05) is 18.9 Å². The number of nitrogens with zero attached hydrogens (tertiary/aromatic N) is 2. The molecule has 0 bridgehead atoms. The van der Waals surface area contributed by atoms with Gasteiger partial charge in [-0.2, -0.15) is 0 Å². The predicted molar refractivity (Wildman–Crippen MR) is 87.7 cm³/mol. The normalized spacial score (nSPS) is 10.7. The van der Waals surface area contributed by atoms with E-state index in [1.165, 1.54) is 7.11 Å². The number of methoxy groups -OCH3 is 2. The number of carbonyl (C=O) groups is 1. The average molecular weight is 311 g/mol. The zero-order valence-electron chi connectivity index (χ0n) is 12.9. The Bertz CT molecular complexity index is 825. The molecule has 6 heteroatoms. The highest BCUT2D eigenvalue weighted by Gasteiger charge is 2.16. The molecule has 3 rings (SSSR count). The van der Waals surface area contributed by atoms with E-state index in [0.29, 0.717) is 11.5 Å². The smallest absolute Gasteiger partial charge is 0.251 e. The Morgan fingerprint density at radius 1 is 1.17 bits per heavy atom. The maximum absolute atomic E-state index is 11.9. The molecular formula is C17H17N3O3. The van der Waals surface area contributed by atoms with Crippen LogP contribution in [0.4, 0.5) is 5.82 Å². The van der Waals surface area contributed by atoms with E-state index in [4.69, 9.17) is 9.47 Å². The number of amides is 1. The minimum absolute atomic E-state index is 0.0118. The molecule has 118 valence electrons. The van der Waals surface area contributed by atoms with Crippen molar-refractivity contribution in [1.29, 1.82) is 0 Å². The quantitative estimate of drug-likeness (QED) is 0.786. The van der Waals surface area contributed by atoms with Crippen molar-refractivity contribution >= 4 is 17.4 Å². The highest BCUT2D eigenvalue weighted by Crippen LogP contribution is 2.29. The summed E-state index contributed by atoms with van der Waals surface area (Å²) in [5, 5.41) is 2.87. The minimum atomic E-state index is -0.229. The number of aromatic nitrogens is 2. The predicted octanol–water partition coefficient (Wildman–Crippen LogP) is 2.59. The van der Waals surface area contributed by atoms with Crippen molar-refractivity contribution in [3.05, 3.63) is 48.7 Å². The fourth-order valence-electron chi connectivity index (χ4n) is 2.36. The Balaban J connectivity index is 2.08. The lowest BCUT2D eigenvalue weighted by atomic mass is 10.1. The molecule has 1 N–H and O–H groups in total. The zero-order valence-corrected chi connectivity index (χ0v) is 12.9. The molecule has 2 heterocycles. The first-order valence-electron chi connectivity index (χ1n) is 7.13. The third-order valence-corrected chi connectivity index (χ3v) is 3.43. The summed E-state index contributed by atoms with van der Waals surface area (Å²) in [6.45, 7) is -0.0118. The van der Waals surface area contributed by atoms with E-state index in [9.17, 15) is 4.79 Å². The lowest BCUT2D eigenvalue weighted by molar-refractivity contribution is -0.119. The van der Waals surface area contributed by atoms with Crippen LogP contribution in [0.2, 0.25) is 0 Å². The van der Waals surface area contributed by atoms with Gasteiger partial charge in [0.25, 0.3) is 5.91 Å². The molecule has 0 spiro atoms. The SMILES string of the molecule is COCC(=O)Nc1c(-c2ccc(OC)cc2)nc2ccccn12. The summed E-state index contributed by atoms with van der Waals surface area (Å²) in [5.74, 6) is 1.16. The molecule has 2 aromatic heterocycles. The van der Waals surface area contributed by atoms with Gasteiger partial charge in [-0.25, -0.2) is 4.98 Å². The summed E-state index contributed by atoms with van der Waals surface area (Å²) in [5.41, 5.74) is 2.34. The topological polar surface area (TPSA) is 64.9 Å². The van der Waals surface area contributed by atoms with Crippen molar-refractivity contribution in [2.75, 3.05) is 26.1 Å². The molecule has 0 saturated carbocycles. The number of benzene rings is 1. The Hall–Kier alpha value is -2.86. The molecule has 0 atom stereocenters. The van der Waals surface area contributed by atoms with Crippen LogP contribution >= 0.6 is 0 Å². The van der Waals surface area contributed by atoms with Crippen LogP contribution in [0.25, 0.3) is 16.9 Å². The summed E-state index contributed by atoms with van der Waals surface area (Å²) in [4.78, 5) is 16.6. The first-order valence-corrected chi connectivity index (χ1v) is 7.13. The molecule has 0 aliphatic carbocycles. The van der Waals surface area contributed by atoms with Crippen LogP contribution in [0, 0.1) is 0 Å². The minimum Gasteiger partial charge on any atom is -0.497 e. The maximum Gasteiger partial charge on any atom is 0.251 e. The molecule has 6 nitrogen and oxygen atoms in total. The van der Waals surface area contributed by atoms with Crippen LogP contribution in [0.3, 0.4) is 0 Å². The largest absolute Gasteiger partial charge is 0.497 e. The van der Waals surface area contributed by atoms with E-state index in [1.54, 1.807) is 7.11 Å². The van der Waals surface area contributed by atoms with E-state index in [-0.39, 0.29) is 12.5 Å². The second-order valence-corrected chi connectivity index (χ2v) is 4.95. The maximum atomic E-state index is 11.9. The fraction of sp³-hybridized carbons (Fsp3) is 0.176. The molecule has 0 saturated heterocycles. The van der Waals surface area contributed by atoms with Crippen molar-refractivity contribution in [1.82, 2.24) is 9.38 Å². The third-order valence-electron chi connectivity index (χ3n) is 3.43. The van der Waals surface area contributed by atoms with Gasteiger partial charge in [-0.05, 0) is 36.4 Å². The summed E-state index contributed by atoms with van der Waals surface area (Å²) < 4.78 is 11.9. The summed E-state index contributed by atoms with van der Waals surface area (Å²) in [6.07, 6.45) is 1.86. The molecule has 0 aliphatic heterocycles. The van der Waals surface area contributed by atoms with Crippen LogP contribution in [0.15, 0.2) is 48.7 Å². The fourth-order valence-corrected chi connectivity index (χ4v) is 2.36. The number of nitrogens with one attached hydrogen (secondary N) is 1.